The number of hydrogen-bond donors (Lipinski definition) is 0. The second-order valence-corrected chi connectivity index (χ2v) is 6.93. The fourth-order valence-corrected chi connectivity index (χ4v) is 3.13. The van der Waals surface area contributed by atoms with Crippen LogP contribution in [0.2, 0.25) is 0 Å². The molecule has 2 rings (SSSR count). The molecule has 0 atom stereocenters. The van der Waals surface area contributed by atoms with Crippen LogP contribution in [0, 0.1) is 0 Å². The third kappa shape index (κ3) is 4.74. The van der Waals surface area contributed by atoms with E-state index in [1.807, 2.05) is 30.8 Å². The van der Waals surface area contributed by atoms with Crippen LogP contribution in [-0.2, 0) is 5.75 Å². The smallest absolute Gasteiger partial charge is 0.162 e. The van der Waals surface area contributed by atoms with Crippen LogP contribution in [0.5, 0.6) is 0 Å². The SMILES string of the molecule is CCCC(=O)c1ccc(SCc2ccc(C(C)C)cc2)cc1. The predicted octanol–water partition coefficient (Wildman–Crippen LogP) is 6.09. The van der Waals surface area contributed by atoms with Gasteiger partial charge in [-0.25, -0.2) is 0 Å². The Balaban J connectivity index is 1.92. The molecular weight excluding hydrogens is 288 g/mol. The first-order chi connectivity index (χ1) is 10.6. The lowest BCUT2D eigenvalue weighted by Crippen LogP contribution is -1.97. The predicted molar refractivity (Wildman–Crippen MR) is 95.8 cm³/mol. The molecule has 0 aliphatic heterocycles. The van der Waals surface area contributed by atoms with E-state index in [4.69, 9.17) is 0 Å². The molecule has 0 saturated carbocycles. The number of carbonyl (C=O) groups is 1. The summed E-state index contributed by atoms with van der Waals surface area (Å²) >= 11 is 1.81. The van der Waals surface area contributed by atoms with Crippen molar-refractivity contribution in [3.8, 4) is 0 Å². The molecule has 0 unspecified atom stereocenters. The average Bonchev–Trinajstić information content (AvgIpc) is 2.54. The Morgan fingerprint density at radius 3 is 2.18 bits per heavy atom. The van der Waals surface area contributed by atoms with Gasteiger partial charge < -0.3 is 0 Å². The molecule has 116 valence electrons. The van der Waals surface area contributed by atoms with Crippen LogP contribution in [0.4, 0.5) is 0 Å². The van der Waals surface area contributed by atoms with Gasteiger partial charge in [0.15, 0.2) is 5.78 Å². The van der Waals surface area contributed by atoms with Gasteiger partial charge in [-0.3, -0.25) is 4.79 Å². The summed E-state index contributed by atoms with van der Waals surface area (Å²) < 4.78 is 0. The summed E-state index contributed by atoms with van der Waals surface area (Å²) in [7, 11) is 0. The van der Waals surface area contributed by atoms with Gasteiger partial charge in [0.2, 0.25) is 0 Å². The van der Waals surface area contributed by atoms with Crippen molar-refractivity contribution < 1.29 is 4.79 Å². The van der Waals surface area contributed by atoms with Crippen LogP contribution in [0.15, 0.2) is 53.4 Å². The summed E-state index contributed by atoms with van der Waals surface area (Å²) in [5.41, 5.74) is 3.54. The van der Waals surface area contributed by atoms with Gasteiger partial charge in [-0.15, -0.1) is 11.8 Å². The summed E-state index contributed by atoms with van der Waals surface area (Å²) in [6.07, 6.45) is 1.54. The van der Waals surface area contributed by atoms with Gasteiger partial charge in [-0.2, -0.15) is 0 Å². The molecule has 0 aliphatic carbocycles. The standard InChI is InChI=1S/C20H24OS/c1-4-5-20(21)18-10-12-19(13-11-18)22-14-16-6-8-17(9-7-16)15(2)3/h6-13,15H,4-5,14H2,1-3H3. The van der Waals surface area contributed by atoms with E-state index in [9.17, 15) is 4.79 Å². The molecule has 2 aromatic rings. The van der Waals surface area contributed by atoms with Crippen molar-refractivity contribution in [2.75, 3.05) is 0 Å². The summed E-state index contributed by atoms with van der Waals surface area (Å²) in [6.45, 7) is 6.46. The summed E-state index contributed by atoms with van der Waals surface area (Å²) in [5.74, 6) is 1.78. The van der Waals surface area contributed by atoms with E-state index in [1.165, 1.54) is 16.0 Å². The number of hydrogen-bond acceptors (Lipinski definition) is 2. The van der Waals surface area contributed by atoms with Crippen molar-refractivity contribution >= 4 is 17.5 Å². The average molecular weight is 312 g/mol. The van der Waals surface area contributed by atoms with Crippen LogP contribution in [0.3, 0.4) is 0 Å². The molecule has 0 N–H and O–H groups in total. The van der Waals surface area contributed by atoms with Crippen LogP contribution in [-0.4, -0.2) is 5.78 Å². The second kappa shape index (κ2) is 8.19. The van der Waals surface area contributed by atoms with E-state index < -0.39 is 0 Å². The van der Waals surface area contributed by atoms with Crippen molar-refractivity contribution in [2.24, 2.45) is 0 Å². The third-order valence-corrected chi connectivity index (χ3v) is 4.79. The molecule has 0 saturated heterocycles. The number of carbonyl (C=O) groups excluding carboxylic acids is 1. The molecular formula is C20H24OS. The molecule has 0 aromatic heterocycles. The van der Waals surface area contributed by atoms with Gasteiger partial charge in [-0.05, 0) is 35.6 Å². The summed E-state index contributed by atoms with van der Waals surface area (Å²) in [5, 5.41) is 0. The van der Waals surface area contributed by atoms with Crippen molar-refractivity contribution in [3.05, 3.63) is 65.2 Å². The third-order valence-electron chi connectivity index (χ3n) is 3.71. The molecule has 0 radical (unpaired) electrons. The molecule has 0 amide bonds. The van der Waals surface area contributed by atoms with E-state index in [0.717, 1.165) is 17.7 Å². The largest absolute Gasteiger partial charge is 0.294 e. The van der Waals surface area contributed by atoms with Crippen molar-refractivity contribution in [1.29, 1.82) is 0 Å². The highest BCUT2D eigenvalue weighted by Gasteiger charge is 2.05. The van der Waals surface area contributed by atoms with Crippen LogP contribution in [0.1, 0.15) is 61.0 Å². The Labute approximate surface area is 138 Å². The van der Waals surface area contributed by atoms with E-state index in [0.29, 0.717) is 12.3 Å². The van der Waals surface area contributed by atoms with Crippen molar-refractivity contribution in [2.45, 2.75) is 50.2 Å². The van der Waals surface area contributed by atoms with Gasteiger partial charge in [0.1, 0.15) is 0 Å². The first-order valence-electron chi connectivity index (χ1n) is 7.95. The molecule has 22 heavy (non-hydrogen) atoms. The minimum Gasteiger partial charge on any atom is -0.294 e. The van der Waals surface area contributed by atoms with Crippen LogP contribution in [0.25, 0.3) is 0 Å². The van der Waals surface area contributed by atoms with E-state index in [2.05, 4.69) is 50.2 Å². The fraction of sp³-hybridized carbons (Fsp3) is 0.350. The topological polar surface area (TPSA) is 17.1 Å². The molecule has 1 nitrogen and oxygen atoms in total. The Morgan fingerprint density at radius 2 is 1.64 bits per heavy atom. The molecule has 0 bridgehead atoms. The number of rotatable bonds is 7. The zero-order valence-electron chi connectivity index (χ0n) is 13.6. The maximum Gasteiger partial charge on any atom is 0.162 e. The Hall–Kier alpha value is -1.54. The van der Waals surface area contributed by atoms with Crippen molar-refractivity contribution in [1.82, 2.24) is 0 Å². The van der Waals surface area contributed by atoms with Gasteiger partial charge in [0.05, 0.1) is 0 Å². The zero-order valence-corrected chi connectivity index (χ0v) is 14.5. The Morgan fingerprint density at radius 1 is 1.00 bits per heavy atom. The highest BCUT2D eigenvalue weighted by atomic mass is 32.2. The highest BCUT2D eigenvalue weighted by Crippen LogP contribution is 2.24. The Kier molecular flexibility index (Phi) is 6.26. The molecule has 2 heteroatoms. The van der Waals surface area contributed by atoms with E-state index >= 15 is 0 Å². The monoisotopic (exact) mass is 312 g/mol. The molecule has 0 fully saturated rings. The summed E-state index contributed by atoms with van der Waals surface area (Å²) in [6, 6.07) is 16.8. The normalized spacial score (nSPS) is 10.9. The molecule has 0 heterocycles. The van der Waals surface area contributed by atoms with Crippen LogP contribution < -0.4 is 0 Å². The van der Waals surface area contributed by atoms with Gasteiger partial charge >= 0.3 is 0 Å². The molecule has 2 aromatic carbocycles. The summed E-state index contributed by atoms with van der Waals surface area (Å²) in [4.78, 5) is 13.0. The number of benzene rings is 2. The van der Waals surface area contributed by atoms with Gasteiger partial charge in [-0.1, -0.05) is 57.2 Å². The number of thioether (sulfide) groups is 1. The fourth-order valence-electron chi connectivity index (χ4n) is 2.27. The molecule has 0 spiro atoms. The first kappa shape index (κ1) is 16.8. The Bertz CT molecular complexity index is 597. The van der Waals surface area contributed by atoms with E-state index in [1.54, 1.807) is 0 Å². The lowest BCUT2D eigenvalue weighted by molar-refractivity contribution is 0.0981. The zero-order chi connectivity index (χ0) is 15.9. The maximum atomic E-state index is 11.8. The lowest BCUT2D eigenvalue weighted by Gasteiger charge is -2.07. The maximum absolute atomic E-state index is 11.8. The molecule has 0 aliphatic rings. The van der Waals surface area contributed by atoms with Gasteiger partial charge in [0.25, 0.3) is 0 Å². The first-order valence-corrected chi connectivity index (χ1v) is 8.93. The second-order valence-electron chi connectivity index (χ2n) is 5.88. The van der Waals surface area contributed by atoms with Crippen LogP contribution >= 0.6 is 11.8 Å². The van der Waals surface area contributed by atoms with Gasteiger partial charge in [0, 0.05) is 22.6 Å². The highest BCUT2D eigenvalue weighted by molar-refractivity contribution is 7.98. The lowest BCUT2D eigenvalue weighted by atomic mass is 10.0. The number of Topliss-reactive ketones (excluding diaryl/α,β-unsaturated/α-hetero) is 1. The minimum absolute atomic E-state index is 0.239. The van der Waals surface area contributed by atoms with E-state index in [-0.39, 0.29) is 5.78 Å². The minimum atomic E-state index is 0.239. The van der Waals surface area contributed by atoms with Crippen molar-refractivity contribution in [3.63, 3.8) is 0 Å². The number of ketones is 1. The quantitative estimate of drug-likeness (QED) is 0.455.